The number of amides is 1. The van der Waals surface area contributed by atoms with Gasteiger partial charge in [-0.1, -0.05) is 60.2 Å². The monoisotopic (exact) mass is 453 g/mol. The molecule has 5 nitrogen and oxygen atoms in total. The summed E-state index contributed by atoms with van der Waals surface area (Å²) < 4.78 is 8.26. The highest BCUT2D eigenvalue weighted by molar-refractivity contribution is 5.91. The van der Waals surface area contributed by atoms with E-state index in [1.165, 1.54) is 5.56 Å². The predicted molar refractivity (Wildman–Crippen MR) is 138 cm³/mol. The summed E-state index contributed by atoms with van der Waals surface area (Å²) in [7, 11) is 0. The molecule has 0 radical (unpaired) electrons. The summed E-state index contributed by atoms with van der Waals surface area (Å²) in [5.41, 5.74) is 5.48. The number of nitrogens with zero attached hydrogens (tertiary/aromatic N) is 2. The number of rotatable bonds is 10. The number of aryl methyl sites for hydroxylation is 3. The molecule has 0 unspecified atom stereocenters. The van der Waals surface area contributed by atoms with Crippen molar-refractivity contribution in [3.8, 4) is 5.75 Å². The zero-order valence-corrected chi connectivity index (χ0v) is 19.8. The molecule has 3 aromatic carbocycles. The van der Waals surface area contributed by atoms with Crippen LogP contribution >= 0.6 is 0 Å². The zero-order valence-electron chi connectivity index (χ0n) is 19.8. The third-order valence-electron chi connectivity index (χ3n) is 5.72. The van der Waals surface area contributed by atoms with Crippen LogP contribution in [0, 0.1) is 13.8 Å². The molecule has 1 aromatic heterocycles. The molecular weight excluding hydrogens is 422 g/mol. The summed E-state index contributed by atoms with van der Waals surface area (Å²) in [6.45, 7) is 6.14. The fourth-order valence-corrected chi connectivity index (χ4v) is 4.02. The highest BCUT2D eigenvalue weighted by Crippen LogP contribution is 2.20. The number of para-hydroxylation sites is 2. The number of nitrogens with one attached hydrogen (secondary N) is 1. The molecule has 0 aliphatic heterocycles. The van der Waals surface area contributed by atoms with E-state index in [2.05, 4.69) is 41.9 Å². The Balaban J connectivity index is 1.34. The van der Waals surface area contributed by atoms with Gasteiger partial charge in [-0.25, -0.2) is 4.98 Å². The number of imidazole rings is 1. The lowest BCUT2D eigenvalue weighted by Crippen LogP contribution is -2.24. The van der Waals surface area contributed by atoms with Crippen LogP contribution in [0.5, 0.6) is 5.75 Å². The summed E-state index contributed by atoms with van der Waals surface area (Å²) in [5, 5.41) is 2.97. The zero-order chi connectivity index (χ0) is 23.8. The fourth-order valence-electron chi connectivity index (χ4n) is 4.02. The molecule has 174 valence electrons. The second kappa shape index (κ2) is 11.3. The van der Waals surface area contributed by atoms with Gasteiger partial charge in [-0.15, -0.1) is 0 Å². The smallest absolute Gasteiger partial charge is 0.244 e. The van der Waals surface area contributed by atoms with E-state index in [-0.39, 0.29) is 5.91 Å². The third kappa shape index (κ3) is 6.13. The normalized spacial score (nSPS) is 11.2. The average molecular weight is 454 g/mol. The van der Waals surface area contributed by atoms with Crippen LogP contribution in [0.2, 0.25) is 0 Å². The molecule has 0 saturated heterocycles. The molecule has 1 heterocycles. The maximum atomic E-state index is 12.2. The maximum Gasteiger partial charge on any atom is 0.244 e. The van der Waals surface area contributed by atoms with Crippen molar-refractivity contribution in [3.63, 3.8) is 0 Å². The lowest BCUT2D eigenvalue weighted by atomic mass is 10.1. The van der Waals surface area contributed by atoms with Crippen molar-refractivity contribution in [1.29, 1.82) is 0 Å². The molecular formula is C29H31N3O2. The van der Waals surface area contributed by atoms with Gasteiger partial charge in [0.25, 0.3) is 0 Å². The molecule has 0 aliphatic carbocycles. The largest absolute Gasteiger partial charge is 0.493 e. The summed E-state index contributed by atoms with van der Waals surface area (Å²) in [6, 6.07) is 24.2. The van der Waals surface area contributed by atoms with E-state index in [9.17, 15) is 4.79 Å². The standard InChI is InChI=1S/C29H31N3O2/c1-22-13-15-27(23(2)21-22)34-20-8-19-32-26-12-7-6-11-25(26)31-28(32)17-18-30-29(33)16-14-24-9-4-3-5-10-24/h3-7,9-16,21H,8,17-20H2,1-2H3,(H,30,33)/b16-14+. The molecule has 0 fully saturated rings. The van der Waals surface area contributed by atoms with Crippen molar-refractivity contribution in [2.24, 2.45) is 0 Å². The minimum Gasteiger partial charge on any atom is -0.493 e. The minimum atomic E-state index is -0.103. The third-order valence-corrected chi connectivity index (χ3v) is 5.72. The van der Waals surface area contributed by atoms with Crippen LogP contribution in [-0.2, 0) is 17.8 Å². The van der Waals surface area contributed by atoms with Crippen LogP contribution in [0.4, 0.5) is 0 Å². The number of fused-ring (bicyclic) bond motifs is 1. The Hall–Kier alpha value is -3.86. The van der Waals surface area contributed by atoms with E-state index >= 15 is 0 Å². The average Bonchev–Trinajstić information content (AvgIpc) is 3.19. The predicted octanol–water partition coefficient (Wildman–Crippen LogP) is 5.49. The number of hydrogen-bond acceptors (Lipinski definition) is 3. The minimum absolute atomic E-state index is 0.103. The van der Waals surface area contributed by atoms with Gasteiger partial charge in [0.2, 0.25) is 5.91 Å². The number of hydrogen-bond donors (Lipinski definition) is 1. The van der Waals surface area contributed by atoms with Crippen LogP contribution in [0.3, 0.4) is 0 Å². The van der Waals surface area contributed by atoms with E-state index in [0.29, 0.717) is 19.6 Å². The number of aromatic nitrogens is 2. The second-order valence-electron chi connectivity index (χ2n) is 8.42. The van der Waals surface area contributed by atoms with Crippen molar-refractivity contribution in [2.45, 2.75) is 33.2 Å². The Bertz CT molecular complexity index is 1280. The van der Waals surface area contributed by atoms with Gasteiger partial charge in [-0.2, -0.15) is 0 Å². The van der Waals surface area contributed by atoms with Crippen LogP contribution in [0.15, 0.2) is 78.9 Å². The summed E-state index contributed by atoms with van der Waals surface area (Å²) in [4.78, 5) is 17.0. The maximum absolute atomic E-state index is 12.2. The number of benzene rings is 3. The molecule has 0 atom stereocenters. The molecule has 4 aromatic rings. The van der Waals surface area contributed by atoms with Gasteiger partial charge in [-0.05, 0) is 55.7 Å². The lowest BCUT2D eigenvalue weighted by molar-refractivity contribution is -0.116. The van der Waals surface area contributed by atoms with Crippen molar-refractivity contribution >= 4 is 23.0 Å². The van der Waals surface area contributed by atoms with Crippen molar-refractivity contribution in [3.05, 3.63) is 101 Å². The molecule has 4 rings (SSSR count). The molecule has 1 N–H and O–H groups in total. The number of carbonyl (C=O) groups is 1. The summed E-state index contributed by atoms with van der Waals surface area (Å²) in [6.07, 6.45) is 4.92. The van der Waals surface area contributed by atoms with Crippen molar-refractivity contribution in [2.75, 3.05) is 13.2 Å². The summed E-state index contributed by atoms with van der Waals surface area (Å²) >= 11 is 0. The number of ether oxygens (including phenoxy) is 1. The van der Waals surface area contributed by atoms with E-state index in [1.54, 1.807) is 6.08 Å². The molecule has 34 heavy (non-hydrogen) atoms. The molecule has 1 amide bonds. The first-order chi connectivity index (χ1) is 16.6. The second-order valence-corrected chi connectivity index (χ2v) is 8.42. The molecule has 0 bridgehead atoms. The van der Waals surface area contributed by atoms with Gasteiger partial charge in [0.15, 0.2) is 0 Å². The van der Waals surface area contributed by atoms with E-state index in [1.807, 2.05) is 60.7 Å². The van der Waals surface area contributed by atoms with E-state index < -0.39 is 0 Å². The van der Waals surface area contributed by atoms with Crippen molar-refractivity contribution < 1.29 is 9.53 Å². The first-order valence-electron chi connectivity index (χ1n) is 11.8. The van der Waals surface area contributed by atoms with Crippen LogP contribution in [-0.4, -0.2) is 28.6 Å². The molecule has 0 spiro atoms. The highest BCUT2D eigenvalue weighted by Gasteiger charge is 2.11. The van der Waals surface area contributed by atoms with Gasteiger partial charge in [0, 0.05) is 25.6 Å². The quantitative estimate of drug-likeness (QED) is 0.255. The first kappa shape index (κ1) is 23.3. The van der Waals surface area contributed by atoms with E-state index in [0.717, 1.165) is 46.7 Å². The van der Waals surface area contributed by atoms with Crippen LogP contribution < -0.4 is 10.1 Å². The van der Waals surface area contributed by atoms with E-state index in [4.69, 9.17) is 9.72 Å². The Morgan fingerprint density at radius 3 is 2.65 bits per heavy atom. The van der Waals surface area contributed by atoms with Gasteiger partial charge in [0.05, 0.1) is 17.6 Å². The van der Waals surface area contributed by atoms with Gasteiger partial charge >= 0.3 is 0 Å². The van der Waals surface area contributed by atoms with Gasteiger partial charge in [-0.3, -0.25) is 4.79 Å². The summed E-state index contributed by atoms with van der Waals surface area (Å²) in [5.74, 6) is 1.81. The molecule has 5 heteroatoms. The van der Waals surface area contributed by atoms with Crippen molar-refractivity contribution in [1.82, 2.24) is 14.9 Å². The van der Waals surface area contributed by atoms with Crippen LogP contribution in [0.1, 0.15) is 28.9 Å². The first-order valence-corrected chi connectivity index (χ1v) is 11.8. The Kier molecular flexibility index (Phi) is 7.76. The Labute approximate surface area is 201 Å². The topological polar surface area (TPSA) is 56.1 Å². The molecule has 0 aliphatic rings. The van der Waals surface area contributed by atoms with Crippen LogP contribution in [0.25, 0.3) is 17.1 Å². The number of carbonyl (C=O) groups excluding carboxylic acids is 1. The van der Waals surface area contributed by atoms with Gasteiger partial charge in [0.1, 0.15) is 11.6 Å². The Morgan fingerprint density at radius 2 is 1.82 bits per heavy atom. The lowest BCUT2D eigenvalue weighted by Gasteiger charge is -2.12. The molecule has 0 saturated carbocycles. The Morgan fingerprint density at radius 1 is 1.03 bits per heavy atom. The fraction of sp³-hybridized carbons (Fsp3) is 0.241. The highest BCUT2D eigenvalue weighted by atomic mass is 16.5. The van der Waals surface area contributed by atoms with Gasteiger partial charge < -0.3 is 14.6 Å². The SMILES string of the molecule is Cc1ccc(OCCCn2c(CCNC(=O)/C=C/c3ccccc3)nc3ccccc32)c(C)c1.